The highest BCUT2D eigenvalue weighted by atomic mass is 16.5. The first kappa shape index (κ1) is 9.92. The molecule has 2 aromatic heterocycles. The molecule has 0 atom stereocenters. The summed E-state index contributed by atoms with van der Waals surface area (Å²) in [6.45, 7) is 2.50. The van der Waals surface area contributed by atoms with E-state index in [1.807, 2.05) is 19.1 Å². The molecule has 5 nitrogen and oxygen atoms in total. The Hall–Kier alpha value is -1.62. The molecule has 0 fully saturated rings. The van der Waals surface area contributed by atoms with E-state index in [9.17, 15) is 0 Å². The first-order valence-electron chi connectivity index (χ1n) is 4.89. The smallest absolute Gasteiger partial charge is 0.293 e. The number of nitrogens with two attached hydrogens (primary N) is 1. The van der Waals surface area contributed by atoms with Crippen molar-refractivity contribution in [1.29, 1.82) is 0 Å². The lowest BCUT2D eigenvalue weighted by Gasteiger charge is -1.88. The SMILES string of the molecule is Cc1ccc(-c2nc(CCCN)no2)o1. The van der Waals surface area contributed by atoms with E-state index in [0.29, 0.717) is 24.0 Å². The summed E-state index contributed by atoms with van der Waals surface area (Å²) in [4.78, 5) is 4.20. The van der Waals surface area contributed by atoms with Crippen molar-refractivity contribution in [2.75, 3.05) is 6.54 Å². The predicted octanol–water partition coefficient (Wildman–Crippen LogP) is 1.53. The molecule has 5 heteroatoms. The zero-order chi connectivity index (χ0) is 10.7. The third kappa shape index (κ3) is 2.24. The summed E-state index contributed by atoms with van der Waals surface area (Å²) in [6.07, 6.45) is 1.59. The van der Waals surface area contributed by atoms with E-state index in [-0.39, 0.29) is 0 Å². The van der Waals surface area contributed by atoms with Crippen molar-refractivity contribution in [3.8, 4) is 11.7 Å². The van der Waals surface area contributed by atoms with E-state index < -0.39 is 0 Å². The normalized spacial score (nSPS) is 10.8. The van der Waals surface area contributed by atoms with Crippen LogP contribution in [0.15, 0.2) is 21.1 Å². The molecule has 2 N–H and O–H groups in total. The Morgan fingerprint density at radius 3 is 2.93 bits per heavy atom. The maximum atomic E-state index is 5.39. The molecule has 0 saturated heterocycles. The van der Waals surface area contributed by atoms with Crippen molar-refractivity contribution in [1.82, 2.24) is 10.1 Å². The highest BCUT2D eigenvalue weighted by Gasteiger charge is 2.11. The minimum absolute atomic E-state index is 0.426. The molecular weight excluding hydrogens is 194 g/mol. The Morgan fingerprint density at radius 1 is 1.40 bits per heavy atom. The number of nitrogens with zero attached hydrogens (tertiary/aromatic N) is 2. The predicted molar refractivity (Wildman–Crippen MR) is 54.1 cm³/mol. The molecule has 0 radical (unpaired) electrons. The number of aromatic nitrogens is 2. The second-order valence-corrected chi connectivity index (χ2v) is 3.32. The third-order valence-corrected chi connectivity index (χ3v) is 2.02. The van der Waals surface area contributed by atoms with Crippen LogP contribution in [0.1, 0.15) is 18.0 Å². The van der Waals surface area contributed by atoms with E-state index >= 15 is 0 Å². The van der Waals surface area contributed by atoms with Crippen LogP contribution in [0, 0.1) is 6.92 Å². The van der Waals surface area contributed by atoms with Gasteiger partial charge in [0.2, 0.25) is 0 Å². The second kappa shape index (κ2) is 4.27. The molecule has 0 unspecified atom stereocenters. The summed E-state index contributed by atoms with van der Waals surface area (Å²) in [5.74, 6) is 2.53. The Balaban J connectivity index is 2.13. The zero-order valence-corrected chi connectivity index (χ0v) is 8.56. The van der Waals surface area contributed by atoms with E-state index in [4.69, 9.17) is 14.7 Å². The van der Waals surface area contributed by atoms with Gasteiger partial charge in [-0.05, 0) is 32.0 Å². The molecule has 0 saturated carbocycles. The minimum Gasteiger partial charge on any atom is -0.456 e. The van der Waals surface area contributed by atoms with Crippen LogP contribution < -0.4 is 5.73 Å². The van der Waals surface area contributed by atoms with Gasteiger partial charge in [0.15, 0.2) is 11.6 Å². The van der Waals surface area contributed by atoms with E-state index in [1.165, 1.54) is 0 Å². The van der Waals surface area contributed by atoms with Crippen molar-refractivity contribution < 1.29 is 8.94 Å². The van der Waals surface area contributed by atoms with E-state index in [2.05, 4.69) is 10.1 Å². The Bertz CT molecular complexity index is 433. The van der Waals surface area contributed by atoms with Gasteiger partial charge in [-0.3, -0.25) is 0 Å². The summed E-state index contributed by atoms with van der Waals surface area (Å²) in [6, 6.07) is 3.68. The fraction of sp³-hybridized carbons (Fsp3) is 0.400. The largest absolute Gasteiger partial charge is 0.456 e. The van der Waals surface area contributed by atoms with Crippen LogP contribution in [-0.2, 0) is 6.42 Å². The van der Waals surface area contributed by atoms with Gasteiger partial charge in [0, 0.05) is 6.42 Å². The summed E-state index contributed by atoms with van der Waals surface area (Å²) in [7, 11) is 0. The highest BCUT2D eigenvalue weighted by Crippen LogP contribution is 2.19. The van der Waals surface area contributed by atoms with Gasteiger partial charge in [-0.15, -0.1) is 0 Å². The third-order valence-electron chi connectivity index (χ3n) is 2.02. The molecule has 80 valence electrons. The van der Waals surface area contributed by atoms with E-state index in [0.717, 1.165) is 18.6 Å². The van der Waals surface area contributed by atoms with Crippen LogP contribution in [0.5, 0.6) is 0 Å². The molecule has 0 aliphatic carbocycles. The van der Waals surface area contributed by atoms with Crippen molar-refractivity contribution in [3.63, 3.8) is 0 Å². The Morgan fingerprint density at radius 2 is 2.27 bits per heavy atom. The van der Waals surface area contributed by atoms with Gasteiger partial charge in [-0.25, -0.2) is 0 Å². The standard InChI is InChI=1S/C10H13N3O2/c1-7-4-5-8(14-7)10-12-9(13-15-10)3-2-6-11/h4-5H,2-3,6,11H2,1H3. The molecule has 0 amide bonds. The highest BCUT2D eigenvalue weighted by molar-refractivity contribution is 5.43. The molecule has 0 bridgehead atoms. The average molecular weight is 207 g/mol. The van der Waals surface area contributed by atoms with Crippen molar-refractivity contribution >= 4 is 0 Å². The average Bonchev–Trinajstić information content (AvgIpc) is 2.83. The van der Waals surface area contributed by atoms with Gasteiger partial charge < -0.3 is 14.7 Å². The van der Waals surface area contributed by atoms with Crippen LogP contribution in [0.25, 0.3) is 11.7 Å². The number of hydrogen-bond donors (Lipinski definition) is 1. The molecule has 0 aromatic carbocycles. The van der Waals surface area contributed by atoms with Crippen molar-refractivity contribution in [2.24, 2.45) is 5.73 Å². The monoisotopic (exact) mass is 207 g/mol. The van der Waals surface area contributed by atoms with Crippen molar-refractivity contribution in [2.45, 2.75) is 19.8 Å². The molecule has 0 aliphatic rings. The first-order valence-corrected chi connectivity index (χ1v) is 4.89. The van der Waals surface area contributed by atoms with Crippen LogP contribution in [0.4, 0.5) is 0 Å². The van der Waals surface area contributed by atoms with Crippen molar-refractivity contribution in [3.05, 3.63) is 23.7 Å². The van der Waals surface area contributed by atoms with Crippen LogP contribution in [0.2, 0.25) is 0 Å². The van der Waals surface area contributed by atoms with E-state index in [1.54, 1.807) is 0 Å². The minimum atomic E-state index is 0.426. The number of furan rings is 1. The summed E-state index contributed by atoms with van der Waals surface area (Å²) < 4.78 is 10.4. The number of aryl methyl sites for hydroxylation is 2. The fourth-order valence-corrected chi connectivity index (χ4v) is 1.27. The lowest BCUT2D eigenvalue weighted by atomic mass is 10.3. The molecule has 15 heavy (non-hydrogen) atoms. The lowest BCUT2D eigenvalue weighted by molar-refractivity contribution is 0.406. The number of hydrogen-bond acceptors (Lipinski definition) is 5. The molecule has 2 aromatic rings. The molecule has 2 rings (SSSR count). The van der Waals surface area contributed by atoms with Crippen LogP contribution >= 0.6 is 0 Å². The summed E-state index contributed by atoms with van der Waals surface area (Å²) in [5, 5.41) is 3.84. The van der Waals surface area contributed by atoms with Gasteiger partial charge in [-0.1, -0.05) is 5.16 Å². The second-order valence-electron chi connectivity index (χ2n) is 3.32. The first-order chi connectivity index (χ1) is 7.29. The lowest BCUT2D eigenvalue weighted by Crippen LogP contribution is -2.01. The van der Waals surface area contributed by atoms with Crippen LogP contribution in [0.3, 0.4) is 0 Å². The van der Waals surface area contributed by atoms with Gasteiger partial charge in [0.05, 0.1) is 0 Å². The molecular formula is C10H13N3O2. The summed E-state index contributed by atoms with van der Waals surface area (Å²) >= 11 is 0. The maximum absolute atomic E-state index is 5.39. The maximum Gasteiger partial charge on any atom is 0.293 e. The van der Waals surface area contributed by atoms with Gasteiger partial charge >= 0.3 is 0 Å². The zero-order valence-electron chi connectivity index (χ0n) is 8.56. The molecule has 0 aliphatic heterocycles. The van der Waals surface area contributed by atoms with Gasteiger partial charge in [0.25, 0.3) is 5.89 Å². The Kier molecular flexibility index (Phi) is 2.82. The fourth-order valence-electron chi connectivity index (χ4n) is 1.27. The topological polar surface area (TPSA) is 78.1 Å². The molecule has 2 heterocycles. The molecule has 0 spiro atoms. The van der Waals surface area contributed by atoms with Crippen LogP contribution in [-0.4, -0.2) is 16.7 Å². The van der Waals surface area contributed by atoms with Gasteiger partial charge in [-0.2, -0.15) is 4.98 Å². The van der Waals surface area contributed by atoms with Gasteiger partial charge in [0.1, 0.15) is 5.76 Å². The quantitative estimate of drug-likeness (QED) is 0.822. The summed E-state index contributed by atoms with van der Waals surface area (Å²) in [5.41, 5.74) is 5.39. The number of rotatable bonds is 4. The Labute approximate surface area is 87.3 Å².